The number of hydrogen-bond acceptors (Lipinski definition) is 3. The van der Waals surface area contributed by atoms with Crippen molar-refractivity contribution >= 4 is 11.9 Å². The summed E-state index contributed by atoms with van der Waals surface area (Å²) in [5.74, 6) is -1.72. The molecule has 0 radical (unpaired) electrons. The van der Waals surface area contributed by atoms with Gasteiger partial charge in [0, 0.05) is 5.56 Å². The molecule has 0 fully saturated rings. The average Bonchev–Trinajstić information content (AvgIpc) is 2.82. The van der Waals surface area contributed by atoms with Gasteiger partial charge in [0.15, 0.2) is 5.60 Å². The first-order valence-electron chi connectivity index (χ1n) is 6.26. The molecule has 0 saturated heterocycles. The van der Waals surface area contributed by atoms with Crippen LogP contribution in [0.2, 0.25) is 0 Å². The van der Waals surface area contributed by atoms with Crippen LogP contribution in [-0.2, 0) is 17.6 Å². The van der Waals surface area contributed by atoms with Gasteiger partial charge in [-0.15, -0.1) is 0 Å². The lowest BCUT2D eigenvalue weighted by Gasteiger charge is -2.18. The second-order valence-electron chi connectivity index (χ2n) is 5.10. The Labute approximate surface area is 111 Å². The van der Waals surface area contributed by atoms with Gasteiger partial charge in [-0.05, 0) is 49.4 Å². The van der Waals surface area contributed by atoms with Crippen molar-refractivity contribution in [2.75, 3.05) is 6.54 Å². The Bertz CT molecular complexity index is 522. The van der Waals surface area contributed by atoms with Gasteiger partial charge >= 0.3 is 5.97 Å². The number of carbonyl (C=O) groups excluding carboxylic acids is 1. The molecule has 1 aromatic rings. The molecule has 5 heteroatoms. The number of aliphatic carboxylic acids is 1. The standard InChI is InChI=1S/C14H17NO4/c1-14(19,13(17)18)8-15-12(16)11-6-5-9-3-2-4-10(9)7-11/h5-7,19H,2-4,8H2,1H3,(H,15,16)(H,17,18). The lowest BCUT2D eigenvalue weighted by atomic mass is 10.0. The zero-order valence-corrected chi connectivity index (χ0v) is 10.8. The first-order chi connectivity index (χ1) is 8.90. The molecule has 1 atom stereocenters. The third kappa shape index (κ3) is 2.93. The van der Waals surface area contributed by atoms with Crippen LogP contribution in [0, 0.1) is 0 Å². The Morgan fingerprint density at radius 1 is 1.32 bits per heavy atom. The van der Waals surface area contributed by atoms with E-state index in [1.807, 2.05) is 12.1 Å². The minimum atomic E-state index is -1.95. The molecule has 0 spiro atoms. The van der Waals surface area contributed by atoms with Crippen LogP contribution in [0.1, 0.15) is 34.8 Å². The van der Waals surface area contributed by atoms with Crippen LogP contribution in [0.4, 0.5) is 0 Å². The molecule has 3 N–H and O–H groups in total. The number of benzene rings is 1. The highest BCUT2D eigenvalue weighted by molar-refractivity contribution is 5.95. The maximum atomic E-state index is 11.9. The molecular formula is C14H17NO4. The number of aliphatic hydroxyl groups is 1. The second-order valence-corrected chi connectivity index (χ2v) is 5.10. The van der Waals surface area contributed by atoms with Crippen LogP contribution in [0.3, 0.4) is 0 Å². The summed E-state index contributed by atoms with van der Waals surface area (Å²) in [7, 11) is 0. The van der Waals surface area contributed by atoms with Crippen molar-refractivity contribution in [2.45, 2.75) is 31.8 Å². The summed E-state index contributed by atoms with van der Waals surface area (Å²) >= 11 is 0. The number of hydrogen-bond donors (Lipinski definition) is 3. The van der Waals surface area contributed by atoms with Crippen molar-refractivity contribution in [3.8, 4) is 0 Å². The van der Waals surface area contributed by atoms with E-state index in [0.29, 0.717) is 5.56 Å². The zero-order valence-electron chi connectivity index (χ0n) is 10.8. The third-order valence-electron chi connectivity index (χ3n) is 3.41. The van der Waals surface area contributed by atoms with Crippen molar-refractivity contribution in [1.82, 2.24) is 5.32 Å². The number of amides is 1. The molecule has 2 rings (SSSR count). The van der Waals surface area contributed by atoms with Gasteiger partial charge in [-0.3, -0.25) is 4.79 Å². The van der Waals surface area contributed by atoms with Gasteiger partial charge in [-0.2, -0.15) is 0 Å². The van der Waals surface area contributed by atoms with Crippen molar-refractivity contribution in [2.24, 2.45) is 0 Å². The van der Waals surface area contributed by atoms with E-state index in [0.717, 1.165) is 26.2 Å². The highest BCUT2D eigenvalue weighted by Crippen LogP contribution is 2.22. The van der Waals surface area contributed by atoms with Crippen LogP contribution < -0.4 is 5.32 Å². The van der Waals surface area contributed by atoms with Gasteiger partial charge in [0.1, 0.15) is 0 Å². The van der Waals surface area contributed by atoms with E-state index in [1.54, 1.807) is 6.07 Å². The fourth-order valence-corrected chi connectivity index (χ4v) is 2.14. The van der Waals surface area contributed by atoms with Gasteiger partial charge in [-0.25, -0.2) is 4.79 Å². The third-order valence-corrected chi connectivity index (χ3v) is 3.41. The molecule has 1 aromatic carbocycles. The average molecular weight is 263 g/mol. The number of carboxylic acids is 1. The summed E-state index contributed by atoms with van der Waals surface area (Å²) < 4.78 is 0. The normalized spacial score (nSPS) is 16.5. The fourth-order valence-electron chi connectivity index (χ4n) is 2.14. The topological polar surface area (TPSA) is 86.6 Å². The Kier molecular flexibility index (Phi) is 3.57. The summed E-state index contributed by atoms with van der Waals surface area (Å²) in [5, 5.41) is 20.7. The quantitative estimate of drug-likeness (QED) is 0.748. The van der Waals surface area contributed by atoms with Gasteiger partial charge in [0.2, 0.25) is 0 Å². The zero-order chi connectivity index (χ0) is 14.0. The molecule has 1 aliphatic carbocycles. The van der Waals surface area contributed by atoms with Gasteiger partial charge in [-0.1, -0.05) is 6.07 Å². The molecule has 1 aliphatic rings. The SMILES string of the molecule is CC(O)(CNC(=O)c1ccc2c(c1)CCC2)C(=O)O. The van der Waals surface area contributed by atoms with Crippen molar-refractivity contribution < 1.29 is 19.8 Å². The van der Waals surface area contributed by atoms with E-state index < -0.39 is 11.6 Å². The van der Waals surface area contributed by atoms with Crippen LogP contribution in [0.15, 0.2) is 18.2 Å². The van der Waals surface area contributed by atoms with E-state index >= 15 is 0 Å². The molecule has 19 heavy (non-hydrogen) atoms. The highest BCUT2D eigenvalue weighted by atomic mass is 16.4. The molecule has 0 aromatic heterocycles. The number of fused-ring (bicyclic) bond motifs is 1. The molecule has 5 nitrogen and oxygen atoms in total. The fraction of sp³-hybridized carbons (Fsp3) is 0.429. The first kappa shape index (κ1) is 13.5. The molecule has 102 valence electrons. The van der Waals surface area contributed by atoms with Gasteiger partial charge in [0.25, 0.3) is 5.91 Å². The number of aryl methyl sites for hydroxylation is 2. The van der Waals surface area contributed by atoms with Crippen molar-refractivity contribution in [1.29, 1.82) is 0 Å². The Morgan fingerprint density at radius 2 is 2.00 bits per heavy atom. The molecule has 0 aliphatic heterocycles. The van der Waals surface area contributed by atoms with E-state index in [2.05, 4.69) is 5.32 Å². The summed E-state index contributed by atoms with van der Waals surface area (Å²) in [6, 6.07) is 5.51. The monoisotopic (exact) mass is 263 g/mol. The predicted molar refractivity (Wildman–Crippen MR) is 69.1 cm³/mol. The van der Waals surface area contributed by atoms with E-state index in [-0.39, 0.29) is 12.5 Å². The maximum absolute atomic E-state index is 11.9. The molecule has 0 saturated carbocycles. The molecule has 1 unspecified atom stereocenters. The molecule has 0 bridgehead atoms. The Morgan fingerprint density at radius 3 is 2.68 bits per heavy atom. The van der Waals surface area contributed by atoms with Crippen molar-refractivity contribution in [3.05, 3.63) is 34.9 Å². The molecule has 0 heterocycles. The lowest BCUT2D eigenvalue weighted by molar-refractivity contribution is -0.155. The number of carboxylic acid groups (broad SMARTS) is 1. The van der Waals surface area contributed by atoms with Crippen LogP contribution in [0.5, 0.6) is 0 Å². The molecular weight excluding hydrogens is 246 g/mol. The smallest absolute Gasteiger partial charge is 0.337 e. The maximum Gasteiger partial charge on any atom is 0.337 e. The minimum absolute atomic E-state index is 0.321. The first-order valence-corrected chi connectivity index (χ1v) is 6.26. The van der Waals surface area contributed by atoms with Crippen LogP contribution >= 0.6 is 0 Å². The van der Waals surface area contributed by atoms with E-state index in [1.165, 1.54) is 11.1 Å². The summed E-state index contributed by atoms with van der Waals surface area (Å²) in [6.45, 7) is 0.830. The summed E-state index contributed by atoms with van der Waals surface area (Å²) in [6.07, 6.45) is 3.13. The van der Waals surface area contributed by atoms with Crippen molar-refractivity contribution in [3.63, 3.8) is 0 Å². The Hall–Kier alpha value is -1.88. The Balaban J connectivity index is 2.03. The second kappa shape index (κ2) is 5.01. The summed E-state index contributed by atoms with van der Waals surface area (Å²) in [5.41, 5.74) is 1.00. The summed E-state index contributed by atoms with van der Waals surface area (Å²) in [4.78, 5) is 22.6. The molecule has 1 amide bonds. The van der Waals surface area contributed by atoms with Gasteiger partial charge < -0.3 is 15.5 Å². The lowest BCUT2D eigenvalue weighted by Crippen LogP contribution is -2.46. The van der Waals surface area contributed by atoms with Crippen LogP contribution in [0.25, 0.3) is 0 Å². The number of carbonyl (C=O) groups is 2. The van der Waals surface area contributed by atoms with Gasteiger partial charge in [0.05, 0.1) is 6.54 Å². The number of rotatable bonds is 4. The minimum Gasteiger partial charge on any atom is -0.479 e. The predicted octanol–water partition coefficient (Wildman–Crippen LogP) is 0.741. The van der Waals surface area contributed by atoms with Crippen LogP contribution in [-0.4, -0.2) is 34.2 Å². The number of nitrogens with one attached hydrogen (secondary N) is 1. The largest absolute Gasteiger partial charge is 0.479 e. The van der Waals surface area contributed by atoms with E-state index in [4.69, 9.17) is 5.11 Å². The highest BCUT2D eigenvalue weighted by Gasteiger charge is 2.30. The van der Waals surface area contributed by atoms with E-state index in [9.17, 15) is 14.7 Å².